The van der Waals surface area contributed by atoms with Crippen LogP contribution in [0.25, 0.3) is 21.8 Å². The Morgan fingerprint density at radius 3 is 2.77 bits per heavy atom. The molecule has 3 heterocycles. The second-order valence-corrected chi connectivity index (χ2v) is 7.22. The number of benzene rings is 2. The van der Waals surface area contributed by atoms with Crippen molar-refractivity contribution in [3.05, 3.63) is 83.9 Å². The molecule has 148 valence electrons. The van der Waals surface area contributed by atoms with Crippen LogP contribution >= 0.6 is 11.3 Å². The molecular weight excluding hydrogens is 399 g/mol. The predicted octanol–water partition coefficient (Wildman–Crippen LogP) is 5.29. The Hall–Kier alpha value is -3.89. The van der Waals surface area contributed by atoms with Gasteiger partial charge in [0.1, 0.15) is 5.56 Å². The molecule has 0 atom stereocenters. The summed E-state index contributed by atoms with van der Waals surface area (Å²) in [6, 6.07) is 17.2. The molecule has 0 aliphatic rings. The summed E-state index contributed by atoms with van der Waals surface area (Å²) in [4.78, 5) is 19.4. The molecule has 0 fully saturated rings. The zero-order valence-electron chi connectivity index (χ0n) is 15.8. The van der Waals surface area contributed by atoms with Crippen LogP contribution in [0, 0.1) is 18.3 Å². The van der Waals surface area contributed by atoms with Crippen molar-refractivity contribution in [3.8, 4) is 12.3 Å². The minimum Gasteiger partial charge on any atom is -0.361 e. The van der Waals surface area contributed by atoms with Gasteiger partial charge in [0.2, 0.25) is 5.95 Å². The number of halogens is 1. The van der Waals surface area contributed by atoms with Gasteiger partial charge in [-0.25, -0.2) is 4.98 Å². The molecule has 7 heteroatoms. The third-order valence-electron chi connectivity index (χ3n) is 4.50. The molecule has 0 radical (unpaired) electrons. The monoisotopic (exact) mass is 416 g/mol. The van der Waals surface area contributed by atoms with Crippen LogP contribution < -0.4 is 5.32 Å². The average Bonchev–Trinajstić information content (AvgIpc) is 3.49. The van der Waals surface area contributed by atoms with Gasteiger partial charge in [0.25, 0.3) is 5.91 Å². The van der Waals surface area contributed by atoms with E-state index < -0.39 is 11.9 Å². The minimum absolute atomic E-state index is 0.0175. The molecule has 0 unspecified atom stereocenters. The van der Waals surface area contributed by atoms with Crippen LogP contribution in [0.4, 0.5) is 9.52 Å². The number of terminal acetylenes is 1. The molecule has 5 rings (SSSR count). The summed E-state index contributed by atoms with van der Waals surface area (Å²) in [5, 5.41) is 6.55. The Morgan fingerprint density at radius 1 is 1.20 bits per heavy atom. The second-order valence-electron chi connectivity index (χ2n) is 6.33. The Labute approximate surface area is 176 Å². The fraction of sp³-hybridized carbons (Fsp3) is 0.0435. The molecule has 0 spiro atoms. The number of thiazole rings is 1. The van der Waals surface area contributed by atoms with Crippen molar-refractivity contribution in [1.82, 2.24) is 14.5 Å². The van der Waals surface area contributed by atoms with Crippen LogP contribution in [0.15, 0.2) is 72.4 Å². The molecule has 5 aromatic rings. The first-order valence-electron chi connectivity index (χ1n) is 9.12. The normalized spacial score (nSPS) is 10.4. The van der Waals surface area contributed by atoms with E-state index in [1.54, 1.807) is 35.8 Å². The zero-order valence-corrected chi connectivity index (χ0v) is 16.6. The van der Waals surface area contributed by atoms with Gasteiger partial charge in [-0.1, -0.05) is 42.3 Å². The third kappa shape index (κ3) is 3.81. The average molecular weight is 416 g/mol. The Morgan fingerprint density at radius 2 is 2.00 bits per heavy atom. The highest BCUT2D eigenvalue weighted by molar-refractivity contribution is 7.13. The van der Waals surface area contributed by atoms with Crippen LogP contribution in [0.5, 0.6) is 0 Å². The summed E-state index contributed by atoms with van der Waals surface area (Å²) in [5.74, 6) is 1.23. The molecule has 2 N–H and O–H groups in total. The van der Waals surface area contributed by atoms with E-state index in [0.29, 0.717) is 16.0 Å². The number of hydrogen-bond acceptors (Lipinski definition) is 3. The molecule has 1 amide bonds. The molecule has 2 aromatic carbocycles. The number of rotatable bonds is 3. The van der Waals surface area contributed by atoms with E-state index in [-0.39, 0.29) is 12.1 Å². The van der Waals surface area contributed by atoms with Gasteiger partial charge in [0.15, 0.2) is 5.13 Å². The third-order valence-corrected chi connectivity index (χ3v) is 5.19. The van der Waals surface area contributed by atoms with Crippen molar-refractivity contribution >= 4 is 44.2 Å². The number of amides is 1. The Kier molecular flexibility index (Phi) is 5.59. The number of carbonyl (C=O) groups excluding carboxylic acids is 1. The highest BCUT2D eigenvalue weighted by Crippen LogP contribution is 2.26. The number of hydrogen-bond donors (Lipinski definition) is 2. The van der Waals surface area contributed by atoms with E-state index in [1.165, 1.54) is 26.8 Å². The highest BCUT2D eigenvalue weighted by atomic mass is 32.1. The van der Waals surface area contributed by atoms with Gasteiger partial charge in [0, 0.05) is 28.7 Å². The zero-order chi connectivity index (χ0) is 20.9. The lowest BCUT2D eigenvalue weighted by Gasteiger charge is -2.01. The van der Waals surface area contributed by atoms with Crippen LogP contribution in [0.2, 0.25) is 0 Å². The van der Waals surface area contributed by atoms with E-state index in [0.717, 1.165) is 0 Å². The van der Waals surface area contributed by atoms with E-state index in [2.05, 4.69) is 39.4 Å². The van der Waals surface area contributed by atoms with Crippen molar-refractivity contribution < 1.29 is 9.18 Å². The van der Waals surface area contributed by atoms with Crippen LogP contribution in [-0.2, 0) is 6.54 Å². The van der Waals surface area contributed by atoms with Gasteiger partial charge in [-0.15, -0.1) is 17.8 Å². The Balaban J connectivity index is 0.000000200. The topological polar surface area (TPSA) is 62.7 Å². The van der Waals surface area contributed by atoms with Gasteiger partial charge in [-0.3, -0.25) is 10.1 Å². The number of fused-ring (bicyclic) bond motifs is 2. The quantitative estimate of drug-likeness (QED) is 0.393. The summed E-state index contributed by atoms with van der Waals surface area (Å²) >= 11 is 1.27. The molecule has 3 aromatic heterocycles. The number of carbonyl (C=O) groups is 1. The molecule has 0 aliphatic heterocycles. The molecule has 0 saturated carbocycles. The van der Waals surface area contributed by atoms with Crippen molar-refractivity contribution in [2.75, 3.05) is 5.32 Å². The highest BCUT2D eigenvalue weighted by Gasteiger charge is 2.22. The van der Waals surface area contributed by atoms with Crippen LogP contribution in [-0.4, -0.2) is 20.4 Å². The fourth-order valence-corrected chi connectivity index (χ4v) is 3.70. The molecule has 0 saturated heterocycles. The van der Waals surface area contributed by atoms with E-state index >= 15 is 0 Å². The number of para-hydroxylation sites is 2. The largest absolute Gasteiger partial charge is 0.361 e. The summed E-state index contributed by atoms with van der Waals surface area (Å²) < 4.78 is 15.9. The van der Waals surface area contributed by atoms with Crippen LogP contribution in [0.1, 0.15) is 10.4 Å². The molecule has 0 bridgehead atoms. The first kappa shape index (κ1) is 19.4. The smallest absolute Gasteiger partial charge is 0.262 e. The maximum atomic E-state index is 14.5. The van der Waals surface area contributed by atoms with Gasteiger partial charge >= 0.3 is 0 Å². The van der Waals surface area contributed by atoms with Gasteiger partial charge in [0.05, 0.1) is 12.1 Å². The maximum Gasteiger partial charge on any atom is 0.262 e. The van der Waals surface area contributed by atoms with Gasteiger partial charge in [-0.05, 0) is 23.6 Å². The van der Waals surface area contributed by atoms with E-state index in [4.69, 9.17) is 6.42 Å². The molecular formula is C23H17FN4OS. The van der Waals surface area contributed by atoms with Crippen molar-refractivity contribution in [2.24, 2.45) is 0 Å². The van der Waals surface area contributed by atoms with E-state index in [1.807, 2.05) is 18.3 Å². The van der Waals surface area contributed by atoms with Crippen molar-refractivity contribution in [3.63, 3.8) is 0 Å². The summed E-state index contributed by atoms with van der Waals surface area (Å²) in [5.41, 5.74) is 1.78. The first-order valence-corrected chi connectivity index (χ1v) is 10.00. The summed E-state index contributed by atoms with van der Waals surface area (Å²) in [6.07, 6.45) is 8.79. The van der Waals surface area contributed by atoms with Crippen molar-refractivity contribution in [2.45, 2.75) is 6.54 Å². The van der Waals surface area contributed by atoms with Gasteiger partial charge < -0.3 is 9.55 Å². The summed E-state index contributed by atoms with van der Waals surface area (Å²) in [7, 11) is 0. The fourth-order valence-electron chi connectivity index (χ4n) is 3.17. The molecule has 5 nitrogen and oxygen atoms in total. The second kappa shape index (κ2) is 8.64. The maximum absolute atomic E-state index is 14.5. The number of aromatic nitrogens is 3. The lowest BCUT2D eigenvalue weighted by Crippen LogP contribution is -2.14. The lowest BCUT2D eigenvalue weighted by molar-refractivity contribution is 0.102. The predicted molar refractivity (Wildman–Crippen MR) is 119 cm³/mol. The minimum atomic E-state index is -0.636. The number of anilines is 1. The number of H-pyrrole nitrogens is 1. The molecule has 30 heavy (non-hydrogen) atoms. The molecule has 0 aliphatic carbocycles. The first-order chi connectivity index (χ1) is 14.7. The summed E-state index contributed by atoms with van der Waals surface area (Å²) in [6.45, 7) is 0.0663. The lowest BCUT2D eigenvalue weighted by atomic mass is 10.1. The van der Waals surface area contributed by atoms with Gasteiger partial charge in [-0.2, -0.15) is 4.39 Å². The van der Waals surface area contributed by atoms with Crippen molar-refractivity contribution in [1.29, 1.82) is 0 Å². The SMILES string of the molecule is C#CCn1c(F)c(C(=O)Nc2nccs2)c2ccccc21.c1ccc2[nH]ccc2c1. The number of aromatic amines is 1. The number of nitrogens with zero attached hydrogens (tertiary/aromatic N) is 2. The number of nitrogens with one attached hydrogen (secondary N) is 2. The van der Waals surface area contributed by atoms with E-state index in [9.17, 15) is 9.18 Å². The Bertz CT molecular complexity index is 1310. The standard InChI is InChI=1S/C15H10FN3OS.C8H7N/c1-2-8-19-11-6-4-3-5-10(11)12(13(19)16)14(20)18-15-17-7-9-21-15;1-2-4-8-7(3-1)5-6-9-8/h1,3-7,9H,8H2,(H,17,18,20);1-6,9H. The van der Waals surface area contributed by atoms with Crippen LogP contribution in [0.3, 0.4) is 0 Å².